The van der Waals surface area contributed by atoms with Gasteiger partial charge in [-0.15, -0.1) is 0 Å². The Morgan fingerprint density at radius 3 is 2.68 bits per heavy atom. The van der Waals surface area contributed by atoms with Crippen molar-refractivity contribution in [1.82, 2.24) is 0 Å². The highest BCUT2D eigenvalue weighted by Crippen LogP contribution is 2.31. The second kappa shape index (κ2) is 8.62. The lowest BCUT2D eigenvalue weighted by Crippen LogP contribution is -2.02. The van der Waals surface area contributed by atoms with Gasteiger partial charge in [0.15, 0.2) is 11.5 Å². The predicted octanol–water partition coefficient (Wildman–Crippen LogP) is 4.80. The van der Waals surface area contributed by atoms with Gasteiger partial charge in [0.2, 0.25) is 0 Å². The Bertz CT molecular complexity index is 513. The average molecular weight is 302 g/mol. The minimum atomic E-state index is 0.555. The Morgan fingerprint density at radius 2 is 2.00 bits per heavy atom. The molecule has 0 heterocycles. The average Bonchev–Trinajstić information content (AvgIpc) is 3.07. The third-order valence-electron chi connectivity index (χ3n) is 4.24. The number of allylic oxidation sites excluding steroid dienone is 1. The second-order valence-electron chi connectivity index (χ2n) is 5.82. The van der Waals surface area contributed by atoms with Crippen molar-refractivity contribution in [2.75, 3.05) is 13.2 Å². The smallest absolute Gasteiger partial charge is 0.161 e. The fourth-order valence-corrected chi connectivity index (χ4v) is 2.99. The molecular weight excluding hydrogens is 276 g/mol. The van der Waals surface area contributed by atoms with Crippen LogP contribution in [0.5, 0.6) is 11.5 Å². The fraction of sp³-hybridized carbons (Fsp3) is 0.526. The van der Waals surface area contributed by atoms with Crippen LogP contribution in [-0.4, -0.2) is 19.5 Å². The first-order chi connectivity index (χ1) is 10.7. The van der Waals surface area contributed by atoms with E-state index >= 15 is 0 Å². The van der Waals surface area contributed by atoms with Crippen molar-refractivity contribution in [3.05, 3.63) is 35.4 Å². The SMILES string of the molecule is CCOc1cc(C=O)ccc1OCCC=C(C)C1CCCC1. The maximum absolute atomic E-state index is 10.8. The topological polar surface area (TPSA) is 35.5 Å². The van der Waals surface area contributed by atoms with Gasteiger partial charge < -0.3 is 9.47 Å². The van der Waals surface area contributed by atoms with Gasteiger partial charge in [0.05, 0.1) is 13.2 Å². The lowest BCUT2D eigenvalue weighted by atomic mass is 9.98. The van der Waals surface area contributed by atoms with Gasteiger partial charge >= 0.3 is 0 Å². The molecule has 0 amide bonds. The maximum Gasteiger partial charge on any atom is 0.161 e. The molecule has 0 radical (unpaired) electrons. The van der Waals surface area contributed by atoms with Crippen LogP contribution in [0.25, 0.3) is 0 Å². The highest BCUT2D eigenvalue weighted by atomic mass is 16.5. The molecule has 1 aliphatic rings. The van der Waals surface area contributed by atoms with Crippen molar-refractivity contribution < 1.29 is 14.3 Å². The lowest BCUT2D eigenvalue weighted by molar-refractivity contribution is 0.112. The van der Waals surface area contributed by atoms with Crippen LogP contribution in [-0.2, 0) is 0 Å². The molecule has 0 aromatic heterocycles. The number of benzene rings is 1. The summed E-state index contributed by atoms with van der Waals surface area (Å²) in [5.41, 5.74) is 2.11. The molecule has 0 aliphatic heterocycles. The molecule has 1 fully saturated rings. The summed E-state index contributed by atoms with van der Waals surface area (Å²) in [4.78, 5) is 10.8. The van der Waals surface area contributed by atoms with Crippen molar-refractivity contribution in [3.63, 3.8) is 0 Å². The van der Waals surface area contributed by atoms with Crippen LogP contribution in [0, 0.1) is 5.92 Å². The molecule has 1 aromatic rings. The normalized spacial score (nSPS) is 15.8. The summed E-state index contributed by atoms with van der Waals surface area (Å²) in [5, 5.41) is 0. The number of hydrogen-bond acceptors (Lipinski definition) is 3. The van der Waals surface area contributed by atoms with Crippen LogP contribution in [0.3, 0.4) is 0 Å². The third-order valence-corrected chi connectivity index (χ3v) is 4.24. The molecule has 0 spiro atoms. The summed E-state index contributed by atoms with van der Waals surface area (Å²) in [6, 6.07) is 5.29. The van der Waals surface area contributed by atoms with E-state index < -0.39 is 0 Å². The quantitative estimate of drug-likeness (QED) is 0.393. The van der Waals surface area contributed by atoms with Gasteiger partial charge in [-0.25, -0.2) is 0 Å². The molecule has 22 heavy (non-hydrogen) atoms. The first-order valence-electron chi connectivity index (χ1n) is 8.26. The van der Waals surface area contributed by atoms with E-state index in [0.717, 1.165) is 18.6 Å². The first-order valence-corrected chi connectivity index (χ1v) is 8.26. The molecule has 0 atom stereocenters. The Kier molecular flexibility index (Phi) is 6.50. The number of carbonyl (C=O) groups is 1. The maximum atomic E-state index is 10.8. The molecule has 1 aromatic carbocycles. The number of ether oxygens (including phenoxy) is 2. The molecule has 3 heteroatoms. The second-order valence-corrected chi connectivity index (χ2v) is 5.82. The fourth-order valence-electron chi connectivity index (χ4n) is 2.99. The summed E-state index contributed by atoms with van der Waals surface area (Å²) in [7, 11) is 0. The molecule has 120 valence electrons. The molecule has 1 saturated carbocycles. The van der Waals surface area contributed by atoms with Crippen molar-refractivity contribution >= 4 is 6.29 Å². The molecule has 1 aliphatic carbocycles. The number of carbonyl (C=O) groups excluding carboxylic acids is 1. The van der Waals surface area contributed by atoms with E-state index in [4.69, 9.17) is 9.47 Å². The van der Waals surface area contributed by atoms with Crippen LogP contribution in [0.2, 0.25) is 0 Å². The van der Waals surface area contributed by atoms with Gasteiger partial charge in [-0.3, -0.25) is 4.79 Å². The van der Waals surface area contributed by atoms with Crippen molar-refractivity contribution in [1.29, 1.82) is 0 Å². The predicted molar refractivity (Wildman–Crippen MR) is 88.8 cm³/mol. The van der Waals surface area contributed by atoms with E-state index in [-0.39, 0.29) is 0 Å². The molecular formula is C19H26O3. The Balaban J connectivity index is 1.88. The van der Waals surface area contributed by atoms with Gasteiger partial charge in [-0.2, -0.15) is 0 Å². The van der Waals surface area contributed by atoms with Gasteiger partial charge in [-0.1, -0.05) is 24.5 Å². The highest BCUT2D eigenvalue weighted by molar-refractivity contribution is 5.76. The van der Waals surface area contributed by atoms with Gasteiger partial charge in [0.1, 0.15) is 6.29 Å². The molecule has 3 nitrogen and oxygen atoms in total. The Morgan fingerprint density at radius 1 is 1.23 bits per heavy atom. The third kappa shape index (κ3) is 4.62. The largest absolute Gasteiger partial charge is 0.490 e. The van der Waals surface area contributed by atoms with Crippen LogP contribution in [0.1, 0.15) is 56.3 Å². The van der Waals surface area contributed by atoms with Gasteiger partial charge in [-0.05, 0) is 57.2 Å². The zero-order valence-corrected chi connectivity index (χ0v) is 13.6. The summed E-state index contributed by atoms with van der Waals surface area (Å²) in [6.07, 6.45) is 9.44. The first kappa shape index (κ1) is 16.6. The molecule has 0 unspecified atom stereocenters. The number of aldehydes is 1. The van der Waals surface area contributed by atoms with Crippen LogP contribution in [0.4, 0.5) is 0 Å². The Labute approximate surface area is 133 Å². The molecule has 0 N–H and O–H groups in total. The summed E-state index contributed by atoms with van der Waals surface area (Å²) < 4.78 is 11.4. The Hall–Kier alpha value is -1.77. The molecule has 0 saturated heterocycles. The van der Waals surface area contributed by atoms with Crippen LogP contribution in [0.15, 0.2) is 29.8 Å². The molecule has 2 rings (SSSR count). The standard InChI is InChI=1S/C19H26O3/c1-3-21-19-13-16(14-20)10-11-18(19)22-12-6-7-15(2)17-8-4-5-9-17/h7,10-11,13-14,17H,3-6,8-9,12H2,1-2H3. The van der Waals surface area contributed by atoms with E-state index in [1.165, 1.54) is 31.3 Å². The van der Waals surface area contributed by atoms with E-state index in [0.29, 0.717) is 30.3 Å². The van der Waals surface area contributed by atoms with E-state index in [2.05, 4.69) is 13.0 Å². The number of rotatable bonds is 8. The molecule has 0 bridgehead atoms. The summed E-state index contributed by atoms with van der Waals surface area (Å²) >= 11 is 0. The highest BCUT2D eigenvalue weighted by Gasteiger charge is 2.15. The van der Waals surface area contributed by atoms with Crippen molar-refractivity contribution in [3.8, 4) is 11.5 Å². The van der Waals surface area contributed by atoms with E-state index in [9.17, 15) is 4.79 Å². The number of hydrogen-bond donors (Lipinski definition) is 0. The van der Waals surface area contributed by atoms with E-state index in [1.807, 2.05) is 13.0 Å². The minimum absolute atomic E-state index is 0.555. The van der Waals surface area contributed by atoms with Crippen LogP contribution < -0.4 is 9.47 Å². The van der Waals surface area contributed by atoms with Gasteiger partial charge in [0.25, 0.3) is 0 Å². The summed E-state index contributed by atoms with van der Waals surface area (Å²) in [5.74, 6) is 2.13. The minimum Gasteiger partial charge on any atom is -0.490 e. The van der Waals surface area contributed by atoms with Gasteiger partial charge in [0, 0.05) is 5.56 Å². The zero-order valence-electron chi connectivity index (χ0n) is 13.6. The summed E-state index contributed by atoms with van der Waals surface area (Å²) in [6.45, 7) is 5.34. The van der Waals surface area contributed by atoms with Crippen LogP contribution >= 0.6 is 0 Å². The zero-order chi connectivity index (χ0) is 15.8. The van der Waals surface area contributed by atoms with Crippen molar-refractivity contribution in [2.45, 2.75) is 46.0 Å². The lowest BCUT2D eigenvalue weighted by Gasteiger charge is -2.12. The van der Waals surface area contributed by atoms with Crippen molar-refractivity contribution in [2.24, 2.45) is 5.92 Å². The van der Waals surface area contributed by atoms with E-state index in [1.54, 1.807) is 12.1 Å². The monoisotopic (exact) mass is 302 g/mol.